The first-order valence-corrected chi connectivity index (χ1v) is 7.55. The molecular weight excluding hydrogens is 316 g/mol. The van der Waals surface area contributed by atoms with E-state index < -0.39 is 17.5 Å². The van der Waals surface area contributed by atoms with Gasteiger partial charge in [-0.05, 0) is 19.2 Å². The van der Waals surface area contributed by atoms with Crippen LogP contribution >= 0.6 is 0 Å². The van der Waals surface area contributed by atoms with Crippen LogP contribution in [-0.2, 0) is 0 Å². The number of carbonyl (C=O) groups is 1. The molecule has 1 aliphatic heterocycles. The van der Waals surface area contributed by atoms with Crippen LogP contribution in [0.3, 0.4) is 0 Å². The number of nitrogens with one attached hydrogen (secondary N) is 1. The second-order valence-corrected chi connectivity index (χ2v) is 5.64. The Morgan fingerprint density at radius 1 is 1.12 bits per heavy atom. The van der Waals surface area contributed by atoms with Crippen LogP contribution in [0.15, 0.2) is 30.6 Å². The number of rotatable bonds is 3. The molecule has 0 bridgehead atoms. The average Bonchev–Trinajstić information content (AvgIpc) is 2.58. The molecule has 2 heterocycles. The van der Waals surface area contributed by atoms with Gasteiger partial charge in [-0.3, -0.25) is 4.79 Å². The van der Waals surface area contributed by atoms with Gasteiger partial charge in [0.2, 0.25) is 5.95 Å². The number of piperazine rings is 1. The van der Waals surface area contributed by atoms with E-state index in [0.717, 1.165) is 32.2 Å². The molecule has 3 rings (SSSR count). The van der Waals surface area contributed by atoms with Crippen LogP contribution < -0.4 is 10.2 Å². The Labute approximate surface area is 138 Å². The summed E-state index contributed by atoms with van der Waals surface area (Å²) in [6.07, 6.45) is 2.80. The van der Waals surface area contributed by atoms with Crippen LogP contribution in [-0.4, -0.2) is 54.0 Å². The van der Waals surface area contributed by atoms with E-state index in [1.165, 1.54) is 18.5 Å². The molecule has 0 atom stereocenters. The van der Waals surface area contributed by atoms with Crippen LogP contribution in [0.2, 0.25) is 0 Å². The van der Waals surface area contributed by atoms with Crippen molar-refractivity contribution in [1.82, 2.24) is 14.9 Å². The van der Waals surface area contributed by atoms with Gasteiger partial charge in [-0.2, -0.15) is 0 Å². The van der Waals surface area contributed by atoms with Gasteiger partial charge in [-0.25, -0.2) is 18.7 Å². The summed E-state index contributed by atoms with van der Waals surface area (Å²) in [6, 6.07) is 2.95. The Morgan fingerprint density at radius 3 is 2.42 bits per heavy atom. The topological polar surface area (TPSA) is 61.4 Å². The van der Waals surface area contributed by atoms with Crippen molar-refractivity contribution in [3.8, 4) is 0 Å². The largest absolute Gasteiger partial charge is 0.338 e. The van der Waals surface area contributed by atoms with E-state index in [0.29, 0.717) is 12.0 Å². The molecule has 2 aromatic rings. The van der Waals surface area contributed by atoms with Gasteiger partial charge in [-0.1, -0.05) is 0 Å². The van der Waals surface area contributed by atoms with E-state index in [2.05, 4.69) is 27.2 Å². The van der Waals surface area contributed by atoms with Gasteiger partial charge < -0.3 is 15.1 Å². The van der Waals surface area contributed by atoms with Crippen LogP contribution in [0.25, 0.3) is 0 Å². The SMILES string of the molecule is CN1CCN(c2ncc(C(=O)Nc3ccc(F)cc3F)cn2)CC1. The number of aromatic nitrogens is 2. The molecule has 0 aliphatic carbocycles. The summed E-state index contributed by atoms with van der Waals surface area (Å²) in [6.45, 7) is 3.50. The molecule has 1 N–H and O–H groups in total. The second kappa shape index (κ2) is 6.88. The highest BCUT2D eigenvalue weighted by Gasteiger charge is 2.17. The molecular formula is C16H17F2N5O. The number of nitrogens with zero attached hydrogens (tertiary/aromatic N) is 4. The number of halogens is 2. The molecule has 1 fully saturated rings. The van der Waals surface area contributed by atoms with E-state index in [1.807, 2.05) is 4.90 Å². The Morgan fingerprint density at radius 2 is 1.79 bits per heavy atom. The molecule has 1 amide bonds. The lowest BCUT2D eigenvalue weighted by Gasteiger charge is -2.32. The maximum absolute atomic E-state index is 13.6. The monoisotopic (exact) mass is 333 g/mol. The first-order valence-electron chi connectivity index (χ1n) is 7.55. The van der Waals surface area contributed by atoms with Crippen molar-refractivity contribution in [2.24, 2.45) is 0 Å². The fourth-order valence-electron chi connectivity index (χ4n) is 2.39. The molecule has 6 nitrogen and oxygen atoms in total. The van der Waals surface area contributed by atoms with Crippen molar-refractivity contribution in [2.45, 2.75) is 0 Å². The Balaban J connectivity index is 1.67. The van der Waals surface area contributed by atoms with Crippen molar-refractivity contribution in [1.29, 1.82) is 0 Å². The van der Waals surface area contributed by atoms with Crippen LogP contribution in [0.5, 0.6) is 0 Å². The quantitative estimate of drug-likeness (QED) is 0.927. The zero-order valence-corrected chi connectivity index (χ0v) is 13.2. The Kier molecular flexibility index (Phi) is 4.66. The molecule has 0 radical (unpaired) electrons. The molecule has 1 aromatic heterocycles. The maximum atomic E-state index is 13.6. The molecule has 0 spiro atoms. The summed E-state index contributed by atoms with van der Waals surface area (Å²) >= 11 is 0. The normalized spacial score (nSPS) is 15.4. The second-order valence-electron chi connectivity index (χ2n) is 5.64. The minimum atomic E-state index is -0.835. The number of benzene rings is 1. The van der Waals surface area contributed by atoms with E-state index in [9.17, 15) is 13.6 Å². The lowest BCUT2D eigenvalue weighted by atomic mass is 10.2. The average molecular weight is 333 g/mol. The summed E-state index contributed by atoms with van der Waals surface area (Å²) in [4.78, 5) is 24.8. The summed E-state index contributed by atoms with van der Waals surface area (Å²) in [7, 11) is 2.06. The zero-order valence-electron chi connectivity index (χ0n) is 13.2. The Bertz CT molecular complexity index is 730. The van der Waals surface area contributed by atoms with E-state index in [-0.39, 0.29) is 11.3 Å². The third-order valence-electron chi connectivity index (χ3n) is 3.87. The van der Waals surface area contributed by atoms with Crippen molar-refractivity contribution in [2.75, 3.05) is 43.4 Å². The molecule has 24 heavy (non-hydrogen) atoms. The van der Waals surface area contributed by atoms with E-state index in [4.69, 9.17) is 0 Å². The van der Waals surface area contributed by atoms with Crippen molar-refractivity contribution in [3.05, 3.63) is 47.8 Å². The van der Waals surface area contributed by atoms with Crippen LogP contribution in [0, 0.1) is 11.6 Å². The van der Waals surface area contributed by atoms with Crippen molar-refractivity contribution < 1.29 is 13.6 Å². The zero-order chi connectivity index (χ0) is 17.1. The maximum Gasteiger partial charge on any atom is 0.258 e. The van der Waals surface area contributed by atoms with Crippen LogP contribution in [0.1, 0.15) is 10.4 Å². The molecule has 1 aliphatic rings. The lowest BCUT2D eigenvalue weighted by Crippen LogP contribution is -2.45. The molecule has 0 unspecified atom stereocenters. The summed E-state index contributed by atoms with van der Waals surface area (Å²) in [5.74, 6) is -1.53. The predicted octanol–water partition coefficient (Wildman–Crippen LogP) is 1.76. The fraction of sp³-hybridized carbons (Fsp3) is 0.312. The third kappa shape index (κ3) is 3.65. The number of amides is 1. The molecule has 126 valence electrons. The van der Waals surface area contributed by atoms with Gasteiger partial charge in [0.1, 0.15) is 11.6 Å². The van der Waals surface area contributed by atoms with Crippen molar-refractivity contribution in [3.63, 3.8) is 0 Å². The number of carbonyl (C=O) groups excluding carboxylic acids is 1. The van der Waals surface area contributed by atoms with Gasteiger partial charge in [-0.15, -0.1) is 0 Å². The highest BCUT2D eigenvalue weighted by molar-refractivity contribution is 6.03. The smallest absolute Gasteiger partial charge is 0.258 e. The predicted molar refractivity (Wildman–Crippen MR) is 86.1 cm³/mol. The summed E-state index contributed by atoms with van der Waals surface area (Å²) < 4.78 is 26.4. The highest BCUT2D eigenvalue weighted by Crippen LogP contribution is 2.16. The first-order chi connectivity index (χ1) is 11.5. The molecule has 8 heteroatoms. The van der Waals surface area contributed by atoms with Crippen molar-refractivity contribution >= 4 is 17.5 Å². The minimum absolute atomic E-state index is 0.0930. The van der Waals surface area contributed by atoms with Gasteiger partial charge in [0.15, 0.2) is 0 Å². The van der Waals surface area contributed by atoms with E-state index in [1.54, 1.807) is 0 Å². The van der Waals surface area contributed by atoms with Crippen LogP contribution in [0.4, 0.5) is 20.4 Å². The summed E-state index contributed by atoms with van der Waals surface area (Å²) in [5, 5.41) is 2.38. The first kappa shape index (κ1) is 16.3. The molecule has 1 saturated heterocycles. The minimum Gasteiger partial charge on any atom is -0.338 e. The molecule has 1 aromatic carbocycles. The number of likely N-dealkylation sites (N-methyl/N-ethyl adjacent to an activating group) is 1. The van der Waals surface area contributed by atoms with Gasteiger partial charge >= 0.3 is 0 Å². The standard InChI is InChI=1S/C16H17F2N5O/c1-22-4-6-23(7-5-22)16-19-9-11(10-20-16)15(24)21-14-3-2-12(17)8-13(14)18/h2-3,8-10H,4-7H2,1H3,(H,21,24). The van der Waals surface area contributed by atoms with Gasteiger partial charge in [0.25, 0.3) is 5.91 Å². The van der Waals surface area contributed by atoms with E-state index >= 15 is 0 Å². The third-order valence-corrected chi connectivity index (χ3v) is 3.87. The Hall–Kier alpha value is -2.61. The number of anilines is 2. The van der Waals surface area contributed by atoms with Gasteiger partial charge in [0.05, 0.1) is 11.3 Å². The molecule has 0 saturated carbocycles. The lowest BCUT2D eigenvalue weighted by molar-refractivity contribution is 0.102. The highest BCUT2D eigenvalue weighted by atomic mass is 19.1. The summed E-state index contributed by atoms with van der Waals surface area (Å²) in [5.41, 5.74) is 0.112. The fourth-order valence-corrected chi connectivity index (χ4v) is 2.39. The number of hydrogen-bond acceptors (Lipinski definition) is 5. The number of hydrogen-bond donors (Lipinski definition) is 1. The van der Waals surface area contributed by atoms with Gasteiger partial charge in [0, 0.05) is 44.6 Å².